The van der Waals surface area contributed by atoms with Crippen LogP contribution in [0, 0.1) is 0 Å². The predicted octanol–water partition coefficient (Wildman–Crippen LogP) is 2.93. The average molecular weight is 477 g/mol. The lowest BCUT2D eigenvalue weighted by molar-refractivity contribution is -0.123. The van der Waals surface area contributed by atoms with Gasteiger partial charge in [0, 0.05) is 31.4 Å². The molecule has 0 aromatic heterocycles. The number of sulfonamides is 1. The summed E-state index contributed by atoms with van der Waals surface area (Å²) in [4.78, 5) is 29.7. The van der Waals surface area contributed by atoms with Gasteiger partial charge >= 0.3 is 0 Å². The van der Waals surface area contributed by atoms with Crippen LogP contribution in [0.2, 0.25) is 5.02 Å². The average Bonchev–Trinajstić information content (AvgIpc) is 2.77. The predicted molar refractivity (Wildman–Crippen MR) is 125 cm³/mol. The van der Waals surface area contributed by atoms with E-state index >= 15 is 0 Å². The molecule has 2 heterocycles. The summed E-state index contributed by atoms with van der Waals surface area (Å²) < 4.78 is 26.5. The molecule has 4 rings (SSSR count). The summed E-state index contributed by atoms with van der Waals surface area (Å²) in [5, 5.41) is 3.32. The molecule has 1 saturated heterocycles. The third-order valence-electron chi connectivity index (χ3n) is 5.81. The Morgan fingerprint density at radius 3 is 2.53 bits per heavy atom. The monoisotopic (exact) mass is 476 g/mol. The van der Waals surface area contributed by atoms with E-state index < -0.39 is 10.0 Å². The first-order valence-corrected chi connectivity index (χ1v) is 12.2. The Labute approximate surface area is 192 Å². The number of nitrogens with one attached hydrogen (secondary N) is 1. The Kier molecular flexibility index (Phi) is 6.15. The fourth-order valence-corrected chi connectivity index (χ4v) is 5.20. The molecule has 10 heteroatoms. The number of benzene rings is 2. The number of carbonyl (C=O) groups excluding carboxylic acids is 2. The van der Waals surface area contributed by atoms with Crippen LogP contribution in [-0.4, -0.2) is 57.8 Å². The summed E-state index contributed by atoms with van der Waals surface area (Å²) in [6.07, 6.45) is 2.59. The summed E-state index contributed by atoms with van der Waals surface area (Å²) in [5.74, 6) is -0.570. The van der Waals surface area contributed by atoms with Gasteiger partial charge in [-0.25, -0.2) is 12.7 Å². The van der Waals surface area contributed by atoms with Crippen LogP contribution in [0.5, 0.6) is 0 Å². The highest BCUT2D eigenvalue weighted by Crippen LogP contribution is 2.40. The molecule has 2 amide bonds. The van der Waals surface area contributed by atoms with Crippen molar-refractivity contribution >= 4 is 50.5 Å². The van der Waals surface area contributed by atoms with Crippen molar-refractivity contribution < 1.29 is 18.0 Å². The van der Waals surface area contributed by atoms with Crippen LogP contribution in [0.15, 0.2) is 47.4 Å². The van der Waals surface area contributed by atoms with Crippen molar-refractivity contribution in [1.82, 2.24) is 4.31 Å². The van der Waals surface area contributed by atoms with Crippen molar-refractivity contribution in [2.45, 2.75) is 30.2 Å². The molecule has 8 nitrogen and oxygen atoms in total. The molecule has 1 N–H and O–H groups in total. The standard InChI is InChI=1S/C22H25ClN4O4S/c1-25(2)32(30,31)17-10-11-18-20(13-17)27(22(29)19-5-3-4-12-26(18)19)14-21(28)24-16-8-6-15(23)7-9-16/h6-11,13,19H,3-5,12,14H2,1-2H3,(H,24,28)/t19-/m1/s1. The number of fused-ring (bicyclic) bond motifs is 3. The molecule has 0 aliphatic carbocycles. The number of rotatable bonds is 5. The van der Waals surface area contributed by atoms with E-state index in [2.05, 4.69) is 5.32 Å². The quantitative estimate of drug-likeness (QED) is 0.716. The number of halogens is 1. The second-order valence-corrected chi connectivity index (χ2v) is 10.7. The molecule has 32 heavy (non-hydrogen) atoms. The molecule has 0 saturated carbocycles. The van der Waals surface area contributed by atoms with Gasteiger partial charge < -0.3 is 10.2 Å². The highest BCUT2D eigenvalue weighted by molar-refractivity contribution is 7.89. The van der Waals surface area contributed by atoms with Gasteiger partial charge in [-0.05, 0) is 61.7 Å². The molecule has 0 unspecified atom stereocenters. The minimum absolute atomic E-state index is 0.0765. The fourth-order valence-electron chi connectivity index (χ4n) is 4.15. The highest BCUT2D eigenvalue weighted by Gasteiger charge is 2.40. The summed E-state index contributed by atoms with van der Waals surface area (Å²) in [6, 6.07) is 11.1. The van der Waals surface area contributed by atoms with E-state index in [1.165, 1.54) is 25.1 Å². The van der Waals surface area contributed by atoms with Crippen LogP contribution < -0.4 is 15.1 Å². The highest BCUT2D eigenvalue weighted by atomic mass is 35.5. The SMILES string of the molecule is CN(C)S(=O)(=O)c1ccc2c(c1)N(CC(=O)Nc1ccc(Cl)cc1)C(=O)[C@H]1CCCCN21. The van der Waals surface area contributed by atoms with E-state index in [1.54, 1.807) is 36.4 Å². The van der Waals surface area contributed by atoms with Gasteiger partial charge in [0.05, 0.1) is 16.3 Å². The second kappa shape index (κ2) is 8.73. The van der Waals surface area contributed by atoms with E-state index in [0.29, 0.717) is 29.4 Å². The van der Waals surface area contributed by atoms with Crippen molar-refractivity contribution in [3.63, 3.8) is 0 Å². The van der Waals surface area contributed by atoms with Crippen LogP contribution in [0.3, 0.4) is 0 Å². The first-order valence-electron chi connectivity index (χ1n) is 10.4. The van der Waals surface area contributed by atoms with Gasteiger partial charge in [0.25, 0.3) is 0 Å². The molecule has 170 valence electrons. The van der Waals surface area contributed by atoms with E-state index in [0.717, 1.165) is 22.8 Å². The third-order valence-corrected chi connectivity index (χ3v) is 7.87. The lowest BCUT2D eigenvalue weighted by Gasteiger charge is -2.45. The lowest BCUT2D eigenvalue weighted by atomic mass is 9.96. The molecule has 0 spiro atoms. The van der Waals surface area contributed by atoms with E-state index in [4.69, 9.17) is 11.6 Å². The summed E-state index contributed by atoms with van der Waals surface area (Å²) in [7, 11) is -0.785. The van der Waals surface area contributed by atoms with Crippen LogP contribution >= 0.6 is 11.6 Å². The Hall–Kier alpha value is -2.62. The maximum Gasteiger partial charge on any atom is 0.250 e. The normalized spacial score (nSPS) is 18.4. The summed E-state index contributed by atoms with van der Waals surface area (Å²) >= 11 is 5.90. The first kappa shape index (κ1) is 22.6. The Morgan fingerprint density at radius 2 is 1.84 bits per heavy atom. The molecule has 0 radical (unpaired) electrons. The number of hydrogen-bond donors (Lipinski definition) is 1. The van der Waals surface area contributed by atoms with Crippen LogP contribution in [-0.2, 0) is 19.6 Å². The molecule has 2 aromatic carbocycles. The van der Waals surface area contributed by atoms with Gasteiger partial charge in [-0.2, -0.15) is 0 Å². The third kappa shape index (κ3) is 4.20. The molecule has 1 atom stereocenters. The van der Waals surface area contributed by atoms with Gasteiger partial charge in [-0.3, -0.25) is 14.5 Å². The minimum Gasteiger partial charge on any atom is -0.358 e. The maximum atomic E-state index is 13.4. The van der Waals surface area contributed by atoms with Crippen molar-refractivity contribution in [2.24, 2.45) is 0 Å². The number of hydrogen-bond acceptors (Lipinski definition) is 5. The second-order valence-electron chi connectivity index (χ2n) is 8.12. The largest absolute Gasteiger partial charge is 0.358 e. The molecular formula is C22H25ClN4O4S. The van der Waals surface area contributed by atoms with E-state index in [1.807, 2.05) is 4.90 Å². The molecular weight excluding hydrogens is 452 g/mol. The maximum absolute atomic E-state index is 13.4. The smallest absolute Gasteiger partial charge is 0.250 e. The van der Waals surface area contributed by atoms with Crippen molar-refractivity contribution in [3.8, 4) is 0 Å². The number of nitrogens with zero attached hydrogens (tertiary/aromatic N) is 3. The van der Waals surface area contributed by atoms with Crippen molar-refractivity contribution in [3.05, 3.63) is 47.5 Å². The minimum atomic E-state index is -3.70. The van der Waals surface area contributed by atoms with Crippen LogP contribution in [0.25, 0.3) is 0 Å². The molecule has 2 aromatic rings. The number of carbonyl (C=O) groups is 2. The Balaban J connectivity index is 1.70. The molecule has 2 aliphatic heterocycles. The first-order chi connectivity index (χ1) is 15.2. The molecule has 0 bridgehead atoms. The number of anilines is 3. The van der Waals surface area contributed by atoms with Gasteiger partial charge in [-0.15, -0.1) is 0 Å². The van der Waals surface area contributed by atoms with E-state index in [-0.39, 0.29) is 29.3 Å². The topological polar surface area (TPSA) is 90.0 Å². The Bertz CT molecular complexity index is 1150. The van der Waals surface area contributed by atoms with Gasteiger partial charge in [-0.1, -0.05) is 11.6 Å². The van der Waals surface area contributed by atoms with Gasteiger partial charge in [0.1, 0.15) is 12.6 Å². The lowest BCUT2D eigenvalue weighted by Crippen LogP contribution is -2.56. The van der Waals surface area contributed by atoms with Gasteiger partial charge in [0.2, 0.25) is 21.8 Å². The summed E-state index contributed by atoms with van der Waals surface area (Å²) in [6.45, 7) is 0.498. The number of piperidine rings is 1. The van der Waals surface area contributed by atoms with E-state index in [9.17, 15) is 18.0 Å². The summed E-state index contributed by atoms with van der Waals surface area (Å²) in [5.41, 5.74) is 1.76. The van der Waals surface area contributed by atoms with Crippen LogP contribution in [0.1, 0.15) is 19.3 Å². The van der Waals surface area contributed by atoms with Crippen molar-refractivity contribution in [2.75, 3.05) is 42.3 Å². The van der Waals surface area contributed by atoms with Crippen LogP contribution in [0.4, 0.5) is 17.1 Å². The number of amides is 2. The molecule has 2 aliphatic rings. The zero-order valence-corrected chi connectivity index (χ0v) is 19.5. The molecule has 1 fully saturated rings. The van der Waals surface area contributed by atoms with Crippen molar-refractivity contribution in [1.29, 1.82) is 0 Å². The zero-order chi connectivity index (χ0) is 23.0. The Morgan fingerprint density at radius 1 is 1.12 bits per heavy atom. The zero-order valence-electron chi connectivity index (χ0n) is 17.9. The fraction of sp³-hybridized carbons (Fsp3) is 0.364. The van der Waals surface area contributed by atoms with Gasteiger partial charge in [0.15, 0.2) is 0 Å².